The number of carboxylic acids is 1. The number of allylic oxidation sites excluding steroid dienone is 1. The van der Waals surface area contributed by atoms with Crippen LogP contribution in [0.1, 0.15) is 15.9 Å². The van der Waals surface area contributed by atoms with Gasteiger partial charge in [-0.1, -0.05) is 0 Å². The van der Waals surface area contributed by atoms with Crippen LogP contribution in [0.3, 0.4) is 0 Å². The van der Waals surface area contributed by atoms with E-state index < -0.39 is 12.6 Å². The van der Waals surface area contributed by atoms with Gasteiger partial charge in [0, 0.05) is 36.1 Å². The number of nitrogens with one attached hydrogen (secondary N) is 1. The molecule has 0 fully saturated rings. The van der Waals surface area contributed by atoms with Crippen LogP contribution in [0.4, 0.5) is 5.69 Å². The van der Waals surface area contributed by atoms with Crippen molar-refractivity contribution in [1.29, 1.82) is 0 Å². The summed E-state index contributed by atoms with van der Waals surface area (Å²) in [6, 6.07) is 6.91. The Morgan fingerprint density at radius 2 is 2.17 bits per heavy atom. The normalized spacial score (nSPS) is 15.3. The maximum atomic E-state index is 12.7. The molecule has 0 atom stereocenters. The van der Waals surface area contributed by atoms with Gasteiger partial charge in [-0.15, -0.1) is 12.4 Å². The Labute approximate surface area is 178 Å². The molecule has 0 amide bonds. The zero-order valence-corrected chi connectivity index (χ0v) is 16.8. The minimum atomic E-state index is -1.11. The molecule has 0 radical (unpaired) electrons. The molecule has 156 valence electrons. The summed E-state index contributed by atoms with van der Waals surface area (Å²) in [6.07, 6.45) is 4.57. The first-order valence-corrected chi connectivity index (χ1v) is 8.89. The molecule has 1 aromatic carbocycles. The summed E-state index contributed by atoms with van der Waals surface area (Å²) in [5, 5.41) is 12.2. The maximum absolute atomic E-state index is 12.7. The second kappa shape index (κ2) is 8.83. The van der Waals surface area contributed by atoms with Crippen molar-refractivity contribution in [2.24, 2.45) is 4.99 Å². The first-order chi connectivity index (χ1) is 14.1. The van der Waals surface area contributed by atoms with Crippen molar-refractivity contribution in [3.8, 4) is 11.5 Å². The number of anilines is 1. The molecular weight excluding hydrogens is 412 g/mol. The van der Waals surface area contributed by atoms with Gasteiger partial charge < -0.3 is 24.8 Å². The van der Waals surface area contributed by atoms with E-state index in [0.717, 1.165) is 5.56 Å². The average molecular weight is 431 g/mol. The second-order valence-electron chi connectivity index (χ2n) is 6.32. The fourth-order valence-electron chi connectivity index (χ4n) is 3.25. The molecule has 4 rings (SSSR count). The van der Waals surface area contributed by atoms with Gasteiger partial charge in [0.2, 0.25) is 0 Å². The molecule has 0 saturated heterocycles. The lowest BCUT2D eigenvalue weighted by Crippen LogP contribution is -2.37. The molecule has 1 aromatic heterocycles. The number of carbonyl (C=O) groups is 2. The van der Waals surface area contributed by atoms with Crippen molar-refractivity contribution in [2.75, 3.05) is 32.1 Å². The number of amidine groups is 1. The van der Waals surface area contributed by atoms with E-state index in [4.69, 9.17) is 14.6 Å². The number of aromatic nitrogens is 1. The van der Waals surface area contributed by atoms with E-state index in [0.29, 0.717) is 41.7 Å². The number of hydrogen-bond acceptors (Lipinski definition) is 8. The molecule has 0 saturated carbocycles. The molecule has 2 N–H and O–H groups in total. The lowest BCUT2D eigenvalue weighted by Gasteiger charge is -2.32. The molecule has 3 heterocycles. The largest absolute Gasteiger partial charge is 0.493 e. The number of nitrogens with zero attached hydrogens (tertiary/aromatic N) is 3. The van der Waals surface area contributed by atoms with Crippen LogP contribution < -0.4 is 14.8 Å². The van der Waals surface area contributed by atoms with Crippen LogP contribution in [-0.2, 0) is 4.79 Å². The first kappa shape index (κ1) is 21.1. The highest BCUT2D eigenvalue weighted by molar-refractivity contribution is 6.11. The van der Waals surface area contributed by atoms with Crippen LogP contribution in [0.25, 0.3) is 0 Å². The van der Waals surface area contributed by atoms with Crippen LogP contribution >= 0.6 is 12.4 Å². The number of pyridine rings is 1. The standard InChI is InChI=1S/C20H18N4O5.ClH/c1-28-15-5-4-13-18(19(15)29-11-17(26)27)23-16(24-8-7-22-20(13)24)9-14(25)12-3-2-6-21-10-12;/h2-6,9-10,23H,7-8,11H2,1H3,(H,26,27);1H. The third-order valence-electron chi connectivity index (χ3n) is 4.52. The summed E-state index contributed by atoms with van der Waals surface area (Å²) in [4.78, 5) is 34.1. The molecule has 0 spiro atoms. The monoisotopic (exact) mass is 430 g/mol. The molecule has 2 aromatic rings. The molecule has 0 aliphatic carbocycles. The average Bonchev–Trinajstić information content (AvgIpc) is 3.23. The van der Waals surface area contributed by atoms with Gasteiger partial charge in [0.25, 0.3) is 0 Å². The van der Waals surface area contributed by atoms with E-state index >= 15 is 0 Å². The smallest absolute Gasteiger partial charge is 0.341 e. The molecule has 0 unspecified atom stereocenters. The van der Waals surface area contributed by atoms with Crippen molar-refractivity contribution >= 4 is 35.7 Å². The van der Waals surface area contributed by atoms with Gasteiger partial charge in [-0.25, -0.2) is 4.79 Å². The lowest BCUT2D eigenvalue weighted by atomic mass is 10.1. The summed E-state index contributed by atoms with van der Waals surface area (Å²) in [7, 11) is 1.47. The molecule has 30 heavy (non-hydrogen) atoms. The Kier molecular flexibility index (Phi) is 6.22. The molecule has 0 bridgehead atoms. The number of ether oxygens (including phenoxy) is 2. The molecule has 2 aliphatic heterocycles. The number of benzene rings is 1. The zero-order valence-electron chi connectivity index (χ0n) is 16.0. The third-order valence-corrected chi connectivity index (χ3v) is 4.52. The van der Waals surface area contributed by atoms with Gasteiger partial charge in [-0.2, -0.15) is 0 Å². The number of halogens is 1. The summed E-state index contributed by atoms with van der Waals surface area (Å²) in [5.41, 5.74) is 1.71. The molecule has 10 heteroatoms. The minimum Gasteiger partial charge on any atom is -0.493 e. The summed E-state index contributed by atoms with van der Waals surface area (Å²) in [5.74, 6) is 0.515. The van der Waals surface area contributed by atoms with E-state index in [2.05, 4.69) is 15.3 Å². The van der Waals surface area contributed by atoms with Crippen molar-refractivity contribution in [2.45, 2.75) is 0 Å². The summed E-state index contributed by atoms with van der Waals surface area (Å²) in [6.45, 7) is 0.663. The van der Waals surface area contributed by atoms with Crippen molar-refractivity contribution < 1.29 is 24.2 Å². The Balaban J connectivity index is 0.00000256. The number of fused-ring (bicyclic) bond motifs is 3. The fraction of sp³-hybridized carbons (Fsp3) is 0.200. The van der Waals surface area contributed by atoms with E-state index in [1.54, 1.807) is 24.4 Å². The number of aliphatic imine (C=N–C) groups is 1. The van der Waals surface area contributed by atoms with Crippen LogP contribution in [0.2, 0.25) is 0 Å². The zero-order chi connectivity index (χ0) is 20.4. The number of carbonyl (C=O) groups excluding carboxylic acids is 1. The first-order valence-electron chi connectivity index (χ1n) is 8.89. The Morgan fingerprint density at radius 1 is 1.33 bits per heavy atom. The second-order valence-corrected chi connectivity index (χ2v) is 6.32. The highest BCUT2D eigenvalue weighted by atomic mass is 35.5. The van der Waals surface area contributed by atoms with E-state index in [1.165, 1.54) is 19.4 Å². The van der Waals surface area contributed by atoms with Gasteiger partial charge in [0.15, 0.2) is 23.9 Å². The van der Waals surface area contributed by atoms with Crippen LogP contribution in [-0.4, -0.2) is 59.4 Å². The number of carboxylic acid groups (broad SMARTS) is 1. The summed E-state index contributed by atoms with van der Waals surface area (Å²) >= 11 is 0. The molecule has 2 aliphatic rings. The summed E-state index contributed by atoms with van der Waals surface area (Å²) < 4.78 is 10.8. The van der Waals surface area contributed by atoms with Crippen molar-refractivity contribution in [3.63, 3.8) is 0 Å². The van der Waals surface area contributed by atoms with E-state index in [9.17, 15) is 9.59 Å². The quantitative estimate of drug-likeness (QED) is 0.529. The predicted octanol–water partition coefficient (Wildman–Crippen LogP) is 2.19. The highest BCUT2D eigenvalue weighted by Gasteiger charge is 2.33. The topological polar surface area (TPSA) is 113 Å². The number of hydrogen-bond donors (Lipinski definition) is 2. The van der Waals surface area contributed by atoms with Crippen molar-refractivity contribution in [3.05, 3.63) is 59.7 Å². The van der Waals surface area contributed by atoms with Gasteiger partial charge in [-0.3, -0.25) is 14.8 Å². The minimum absolute atomic E-state index is 0. The van der Waals surface area contributed by atoms with Gasteiger partial charge >= 0.3 is 5.97 Å². The third kappa shape index (κ3) is 3.92. The molecule has 9 nitrogen and oxygen atoms in total. The number of ketones is 1. The Bertz CT molecular complexity index is 1040. The van der Waals surface area contributed by atoms with Crippen LogP contribution in [0, 0.1) is 0 Å². The Morgan fingerprint density at radius 3 is 2.87 bits per heavy atom. The lowest BCUT2D eigenvalue weighted by molar-refractivity contribution is -0.139. The number of aliphatic carboxylic acids is 1. The number of methoxy groups -OCH3 is 1. The van der Waals surface area contributed by atoms with Crippen molar-refractivity contribution in [1.82, 2.24) is 9.88 Å². The van der Waals surface area contributed by atoms with Crippen LogP contribution in [0.15, 0.2) is 53.5 Å². The Hall–Kier alpha value is -3.59. The molecular formula is C20H19ClN4O5. The van der Waals surface area contributed by atoms with Gasteiger partial charge in [0.1, 0.15) is 11.7 Å². The number of rotatable bonds is 6. The van der Waals surface area contributed by atoms with Gasteiger partial charge in [-0.05, 0) is 24.3 Å². The highest BCUT2D eigenvalue weighted by Crippen LogP contribution is 2.43. The SMILES string of the molecule is COc1ccc2c(c1OCC(=O)O)NC(=CC(=O)c1cccnc1)N1CCN=C21.Cl. The van der Waals surface area contributed by atoms with Crippen LogP contribution in [0.5, 0.6) is 11.5 Å². The van der Waals surface area contributed by atoms with E-state index in [1.807, 2.05) is 11.0 Å². The maximum Gasteiger partial charge on any atom is 0.341 e. The van der Waals surface area contributed by atoms with E-state index in [-0.39, 0.29) is 23.9 Å². The van der Waals surface area contributed by atoms with Gasteiger partial charge in [0.05, 0.1) is 19.3 Å². The fourth-order valence-corrected chi connectivity index (χ4v) is 3.25. The predicted molar refractivity (Wildman–Crippen MR) is 112 cm³/mol.